The van der Waals surface area contributed by atoms with Gasteiger partial charge in [-0.15, -0.1) is 0 Å². The maximum Gasteiger partial charge on any atom is 0.317 e. The molecule has 1 aromatic carbocycles. The summed E-state index contributed by atoms with van der Waals surface area (Å²) in [5, 5.41) is 27.2. The van der Waals surface area contributed by atoms with Gasteiger partial charge in [0.05, 0.1) is 38.8 Å². The summed E-state index contributed by atoms with van der Waals surface area (Å²) in [7, 11) is 1.64. The Morgan fingerprint density at radius 2 is 1.40 bits per heavy atom. The third-order valence-electron chi connectivity index (χ3n) is 6.87. The number of carbonyl (C=O) groups is 5. The molecule has 14 nitrogen and oxygen atoms in total. The summed E-state index contributed by atoms with van der Waals surface area (Å²) in [6.45, 7) is 0.132. The van der Waals surface area contributed by atoms with Gasteiger partial charge in [-0.2, -0.15) is 0 Å². The zero-order chi connectivity index (χ0) is 33.2. The van der Waals surface area contributed by atoms with Crippen LogP contribution in [0.1, 0.15) is 23.1 Å². The number of aliphatic carboxylic acids is 3. The summed E-state index contributed by atoms with van der Waals surface area (Å²) in [6.07, 6.45) is 4.44. The van der Waals surface area contributed by atoms with Crippen molar-refractivity contribution in [3.63, 3.8) is 0 Å². The second-order valence-corrected chi connectivity index (χ2v) is 10.9. The van der Waals surface area contributed by atoms with E-state index in [4.69, 9.17) is 25.8 Å². The fourth-order valence-electron chi connectivity index (χ4n) is 4.45. The minimum atomic E-state index is -1.16. The molecule has 0 amide bonds. The highest BCUT2D eigenvalue weighted by Gasteiger charge is 2.18. The van der Waals surface area contributed by atoms with Crippen LogP contribution < -0.4 is 5.73 Å². The molecule has 1 aromatic heterocycles. The summed E-state index contributed by atoms with van der Waals surface area (Å²) in [5.74, 6) is -3.57. The zero-order valence-electron chi connectivity index (χ0n) is 25.5. The second-order valence-electron chi connectivity index (χ2n) is 10.9. The number of nitrogens with zero attached hydrogens (tertiary/aromatic N) is 4. The van der Waals surface area contributed by atoms with Crippen LogP contribution in [-0.4, -0.2) is 137 Å². The van der Waals surface area contributed by atoms with Crippen LogP contribution in [0.2, 0.25) is 0 Å². The number of hydrogen-bond donors (Lipinski definition) is 4. The number of benzene rings is 1. The van der Waals surface area contributed by atoms with E-state index in [1.165, 1.54) is 4.90 Å². The molecule has 0 saturated carbocycles. The molecule has 0 radical (unpaired) electrons. The van der Waals surface area contributed by atoms with E-state index in [0.717, 1.165) is 16.7 Å². The third kappa shape index (κ3) is 16.5. The average Bonchev–Trinajstić information content (AvgIpc) is 2.97. The Kier molecular flexibility index (Phi) is 16.5. The summed E-state index contributed by atoms with van der Waals surface area (Å²) >= 11 is 0. The molecule has 0 aliphatic rings. The van der Waals surface area contributed by atoms with E-state index >= 15 is 0 Å². The van der Waals surface area contributed by atoms with E-state index in [0.29, 0.717) is 25.9 Å². The molecule has 5 N–H and O–H groups in total. The summed E-state index contributed by atoms with van der Waals surface area (Å²) in [5.41, 5.74) is 8.67. The summed E-state index contributed by atoms with van der Waals surface area (Å²) < 4.78 is 5.56. The number of likely N-dealkylation sites (N-methyl/N-ethyl adjacent to an activating group) is 1. The van der Waals surface area contributed by atoms with Gasteiger partial charge in [-0.25, -0.2) is 0 Å². The van der Waals surface area contributed by atoms with Gasteiger partial charge in [0, 0.05) is 45.0 Å². The first-order chi connectivity index (χ1) is 21.4. The van der Waals surface area contributed by atoms with Crippen LogP contribution in [0.4, 0.5) is 0 Å². The highest BCUT2D eigenvalue weighted by atomic mass is 16.5. The summed E-state index contributed by atoms with van der Waals surface area (Å²) in [4.78, 5) is 67.1. The van der Waals surface area contributed by atoms with E-state index in [-0.39, 0.29) is 57.4 Å². The molecule has 45 heavy (non-hydrogen) atoms. The van der Waals surface area contributed by atoms with Crippen molar-refractivity contribution in [3.05, 3.63) is 65.5 Å². The van der Waals surface area contributed by atoms with Crippen molar-refractivity contribution in [2.45, 2.75) is 31.9 Å². The number of pyridine rings is 1. The van der Waals surface area contributed by atoms with Gasteiger partial charge >= 0.3 is 17.9 Å². The van der Waals surface area contributed by atoms with Gasteiger partial charge in [0.2, 0.25) is 0 Å². The van der Waals surface area contributed by atoms with Crippen molar-refractivity contribution in [2.75, 3.05) is 66.0 Å². The molecule has 0 fully saturated rings. The number of aryl methyl sites for hydroxylation is 1. The van der Waals surface area contributed by atoms with Gasteiger partial charge in [-0.05, 0) is 42.6 Å². The fourth-order valence-corrected chi connectivity index (χ4v) is 4.45. The molecule has 0 unspecified atom stereocenters. The largest absolute Gasteiger partial charge is 0.480 e. The lowest BCUT2D eigenvalue weighted by Gasteiger charge is -2.27. The Bertz CT molecular complexity index is 1230. The normalized spacial score (nSPS) is 12.0. The minimum absolute atomic E-state index is 0.0533. The van der Waals surface area contributed by atoms with Gasteiger partial charge in [-0.1, -0.05) is 30.3 Å². The first kappa shape index (κ1) is 37.1. The van der Waals surface area contributed by atoms with E-state index in [1.807, 2.05) is 30.3 Å². The first-order valence-corrected chi connectivity index (χ1v) is 14.5. The van der Waals surface area contributed by atoms with Crippen LogP contribution >= 0.6 is 0 Å². The van der Waals surface area contributed by atoms with E-state index in [9.17, 15) is 24.0 Å². The van der Waals surface area contributed by atoms with Crippen LogP contribution in [0.5, 0.6) is 0 Å². The maximum atomic E-state index is 12.9. The number of ether oxygens (including phenoxy) is 1. The van der Waals surface area contributed by atoms with Gasteiger partial charge < -0.3 is 25.8 Å². The zero-order valence-corrected chi connectivity index (χ0v) is 25.5. The second kappa shape index (κ2) is 20.0. The Balaban J connectivity index is 1.83. The Labute approximate surface area is 262 Å². The molecule has 0 spiro atoms. The smallest absolute Gasteiger partial charge is 0.317 e. The van der Waals surface area contributed by atoms with E-state index in [1.54, 1.807) is 35.3 Å². The number of carbonyl (C=O) groups excluding carboxylic acids is 2. The standard InChI is InChI=1S/C31H43N5O9/c1-34(18-29(39)40)11-12-35(13-14-36(19-30(41)42)20-31(43)44)17-26(37)9-8-23-4-6-24(7-5-23)21-45-22-28(38)27(32)15-25-3-2-10-33-16-25/h2-7,10,16,27H,8-9,11-15,17-22,32H2,1H3,(H,39,40)(H,41,42)(H,43,44)/t27-/m1/s1. The lowest BCUT2D eigenvalue weighted by molar-refractivity contribution is -0.142. The number of carboxylic acids is 3. The van der Waals surface area contributed by atoms with Gasteiger partial charge in [0.25, 0.3) is 0 Å². The Morgan fingerprint density at radius 1 is 0.800 bits per heavy atom. The third-order valence-corrected chi connectivity index (χ3v) is 6.87. The molecule has 0 bridgehead atoms. The SMILES string of the molecule is CN(CCN(CCN(CC(=O)O)CC(=O)O)CC(=O)CCc1ccc(COCC(=O)[C@H](N)Cc2cccnc2)cc1)CC(=O)O. The fraction of sp³-hybridized carbons (Fsp3) is 0.484. The van der Waals surface area contributed by atoms with Crippen LogP contribution in [0.3, 0.4) is 0 Å². The molecule has 246 valence electrons. The molecule has 1 heterocycles. The predicted octanol–water partition coefficient (Wildman–Crippen LogP) is 0.0286. The Morgan fingerprint density at radius 3 is 2.00 bits per heavy atom. The molecule has 0 aliphatic carbocycles. The molecular formula is C31H43N5O9. The molecule has 0 saturated heterocycles. The van der Waals surface area contributed by atoms with E-state index in [2.05, 4.69) is 4.98 Å². The number of hydrogen-bond acceptors (Lipinski definition) is 11. The number of aromatic nitrogens is 1. The molecule has 2 aromatic rings. The number of carboxylic acid groups (broad SMARTS) is 3. The maximum absolute atomic E-state index is 12.9. The van der Waals surface area contributed by atoms with Crippen LogP contribution in [0.15, 0.2) is 48.8 Å². The van der Waals surface area contributed by atoms with Crippen LogP contribution in [-0.2, 0) is 48.2 Å². The molecule has 0 aliphatic heterocycles. The van der Waals surface area contributed by atoms with Gasteiger partial charge in [0.15, 0.2) is 5.78 Å². The number of Topliss-reactive ketones (excluding diaryl/α,β-unsaturated/α-hetero) is 2. The predicted molar refractivity (Wildman–Crippen MR) is 164 cm³/mol. The van der Waals surface area contributed by atoms with Crippen LogP contribution in [0.25, 0.3) is 0 Å². The van der Waals surface area contributed by atoms with Crippen LogP contribution in [0, 0.1) is 0 Å². The lowest BCUT2D eigenvalue weighted by atomic mass is 10.0. The lowest BCUT2D eigenvalue weighted by Crippen LogP contribution is -2.44. The molecule has 2 rings (SSSR count). The summed E-state index contributed by atoms with van der Waals surface area (Å²) in [6, 6.07) is 10.5. The number of nitrogens with two attached hydrogens (primary N) is 1. The first-order valence-electron chi connectivity index (χ1n) is 14.5. The monoisotopic (exact) mass is 629 g/mol. The number of rotatable bonds is 24. The molecule has 1 atom stereocenters. The topological polar surface area (TPSA) is 204 Å². The molecular weight excluding hydrogens is 586 g/mol. The quantitative estimate of drug-likeness (QED) is 0.121. The van der Waals surface area contributed by atoms with Crippen molar-refractivity contribution in [1.29, 1.82) is 0 Å². The van der Waals surface area contributed by atoms with Crippen molar-refractivity contribution >= 4 is 29.5 Å². The van der Waals surface area contributed by atoms with E-state index < -0.39 is 37.0 Å². The van der Waals surface area contributed by atoms with Crippen molar-refractivity contribution in [3.8, 4) is 0 Å². The Hall–Kier alpha value is -4.08. The van der Waals surface area contributed by atoms with Gasteiger partial charge in [0.1, 0.15) is 12.4 Å². The van der Waals surface area contributed by atoms with Crippen molar-refractivity contribution in [2.24, 2.45) is 5.73 Å². The number of ketones is 2. The highest BCUT2D eigenvalue weighted by Crippen LogP contribution is 2.10. The minimum Gasteiger partial charge on any atom is -0.480 e. The molecule has 14 heteroatoms. The van der Waals surface area contributed by atoms with Crippen molar-refractivity contribution < 1.29 is 44.0 Å². The van der Waals surface area contributed by atoms with Crippen molar-refractivity contribution in [1.82, 2.24) is 19.7 Å². The highest BCUT2D eigenvalue weighted by molar-refractivity contribution is 5.85. The average molecular weight is 630 g/mol. The van der Waals surface area contributed by atoms with Gasteiger partial charge in [-0.3, -0.25) is 43.7 Å².